The lowest BCUT2D eigenvalue weighted by molar-refractivity contribution is -0.134. The summed E-state index contributed by atoms with van der Waals surface area (Å²) in [4.78, 5) is 18.5. The first-order valence-corrected chi connectivity index (χ1v) is 7.68. The average molecular weight is 318 g/mol. The van der Waals surface area contributed by atoms with Gasteiger partial charge in [0.2, 0.25) is 11.8 Å². The number of rotatable bonds is 4. The van der Waals surface area contributed by atoms with E-state index in [9.17, 15) is 9.18 Å². The van der Waals surface area contributed by atoms with Crippen molar-refractivity contribution in [3.8, 4) is 0 Å². The fraction of sp³-hybridized carbons (Fsp3) is 0.438. The number of carbonyl (C=O) groups is 1. The SMILES string of the molecule is Cc1noc(CCC(=O)N2CCNCC2c2cccc(F)c2)n1. The molecule has 1 amide bonds. The second-order valence-electron chi connectivity index (χ2n) is 5.60. The minimum absolute atomic E-state index is 0.0108. The Labute approximate surface area is 133 Å². The number of aromatic nitrogens is 2. The van der Waals surface area contributed by atoms with Crippen molar-refractivity contribution in [2.45, 2.75) is 25.8 Å². The number of hydrogen-bond acceptors (Lipinski definition) is 5. The summed E-state index contributed by atoms with van der Waals surface area (Å²) in [5.41, 5.74) is 0.805. The molecule has 1 atom stereocenters. The van der Waals surface area contributed by atoms with E-state index < -0.39 is 0 Å². The number of benzene rings is 1. The Morgan fingerprint density at radius 1 is 1.52 bits per heavy atom. The third-order valence-electron chi connectivity index (χ3n) is 3.92. The highest BCUT2D eigenvalue weighted by Gasteiger charge is 2.28. The molecule has 1 saturated heterocycles. The molecular formula is C16H19FN4O2. The van der Waals surface area contributed by atoms with Crippen LogP contribution in [-0.4, -0.2) is 40.6 Å². The molecule has 2 aromatic rings. The van der Waals surface area contributed by atoms with Gasteiger partial charge in [0.1, 0.15) is 5.82 Å². The van der Waals surface area contributed by atoms with Gasteiger partial charge < -0.3 is 14.7 Å². The van der Waals surface area contributed by atoms with Gasteiger partial charge in [-0.2, -0.15) is 4.98 Å². The summed E-state index contributed by atoms with van der Waals surface area (Å²) in [7, 11) is 0. The Bertz CT molecular complexity index is 688. The van der Waals surface area contributed by atoms with Crippen molar-refractivity contribution in [3.05, 3.63) is 47.4 Å². The molecule has 2 heterocycles. The van der Waals surface area contributed by atoms with Crippen molar-refractivity contribution in [3.63, 3.8) is 0 Å². The molecular weight excluding hydrogens is 299 g/mol. The molecule has 0 bridgehead atoms. The van der Waals surface area contributed by atoms with Crippen molar-refractivity contribution in [1.82, 2.24) is 20.4 Å². The van der Waals surface area contributed by atoms with Crippen LogP contribution < -0.4 is 5.32 Å². The van der Waals surface area contributed by atoms with Gasteiger partial charge in [0, 0.05) is 32.5 Å². The average Bonchev–Trinajstić information content (AvgIpc) is 2.98. The van der Waals surface area contributed by atoms with E-state index in [0.29, 0.717) is 37.6 Å². The minimum atomic E-state index is -0.290. The van der Waals surface area contributed by atoms with Gasteiger partial charge in [0.05, 0.1) is 6.04 Å². The van der Waals surface area contributed by atoms with Crippen LogP contribution >= 0.6 is 0 Å². The predicted octanol–water partition coefficient (Wildman–Crippen LogP) is 1.62. The van der Waals surface area contributed by atoms with Crippen molar-refractivity contribution in [2.75, 3.05) is 19.6 Å². The predicted molar refractivity (Wildman–Crippen MR) is 81.1 cm³/mol. The summed E-state index contributed by atoms with van der Waals surface area (Å²) in [6, 6.07) is 6.26. The maximum absolute atomic E-state index is 13.5. The van der Waals surface area contributed by atoms with Crippen LogP contribution in [0.4, 0.5) is 4.39 Å². The lowest BCUT2D eigenvalue weighted by Crippen LogP contribution is -2.48. The Hall–Kier alpha value is -2.28. The largest absolute Gasteiger partial charge is 0.339 e. The quantitative estimate of drug-likeness (QED) is 0.927. The standard InChI is InChI=1S/C16H19FN4O2/c1-11-19-15(23-20-11)5-6-16(22)21-8-7-18-10-14(21)12-3-2-4-13(17)9-12/h2-4,9,14,18H,5-8,10H2,1H3. The summed E-state index contributed by atoms with van der Waals surface area (Å²) < 4.78 is 18.5. The summed E-state index contributed by atoms with van der Waals surface area (Å²) >= 11 is 0. The lowest BCUT2D eigenvalue weighted by Gasteiger charge is -2.36. The van der Waals surface area contributed by atoms with E-state index in [4.69, 9.17) is 4.52 Å². The van der Waals surface area contributed by atoms with E-state index in [1.54, 1.807) is 17.9 Å². The normalized spacial score (nSPS) is 18.2. The molecule has 1 unspecified atom stereocenters. The highest BCUT2D eigenvalue weighted by atomic mass is 19.1. The number of aryl methyl sites for hydroxylation is 2. The molecule has 1 N–H and O–H groups in total. The molecule has 0 radical (unpaired) electrons. The molecule has 1 aliphatic heterocycles. The van der Waals surface area contributed by atoms with Gasteiger partial charge in [-0.1, -0.05) is 17.3 Å². The zero-order valence-electron chi connectivity index (χ0n) is 13.0. The zero-order chi connectivity index (χ0) is 16.2. The third-order valence-corrected chi connectivity index (χ3v) is 3.92. The molecule has 7 heteroatoms. The Kier molecular flexibility index (Phi) is 4.66. The maximum atomic E-state index is 13.5. The fourth-order valence-electron chi connectivity index (χ4n) is 2.81. The van der Waals surface area contributed by atoms with E-state index in [0.717, 1.165) is 12.1 Å². The number of nitrogens with one attached hydrogen (secondary N) is 1. The van der Waals surface area contributed by atoms with Crippen molar-refractivity contribution >= 4 is 5.91 Å². The number of halogens is 1. The first kappa shape index (κ1) is 15.6. The molecule has 0 saturated carbocycles. The van der Waals surface area contributed by atoms with Crippen LogP contribution in [-0.2, 0) is 11.2 Å². The molecule has 6 nitrogen and oxygen atoms in total. The van der Waals surface area contributed by atoms with Gasteiger partial charge in [-0.3, -0.25) is 4.79 Å². The number of hydrogen-bond donors (Lipinski definition) is 1. The highest BCUT2D eigenvalue weighted by Crippen LogP contribution is 2.24. The maximum Gasteiger partial charge on any atom is 0.227 e. The molecule has 23 heavy (non-hydrogen) atoms. The minimum Gasteiger partial charge on any atom is -0.339 e. The van der Waals surface area contributed by atoms with Crippen molar-refractivity contribution in [1.29, 1.82) is 0 Å². The number of carbonyl (C=O) groups excluding carboxylic acids is 1. The first-order chi connectivity index (χ1) is 11.1. The van der Waals surface area contributed by atoms with Crippen LogP contribution in [0.5, 0.6) is 0 Å². The molecule has 1 aromatic heterocycles. The summed E-state index contributed by atoms with van der Waals surface area (Å²) in [5.74, 6) is 0.749. The molecule has 1 aliphatic rings. The molecule has 0 spiro atoms. The monoisotopic (exact) mass is 318 g/mol. The van der Waals surface area contributed by atoms with Crippen LogP contribution in [0.2, 0.25) is 0 Å². The van der Waals surface area contributed by atoms with Crippen molar-refractivity contribution < 1.29 is 13.7 Å². The van der Waals surface area contributed by atoms with Gasteiger partial charge in [-0.25, -0.2) is 4.39 Å². The van der Waals surface area contributed by atoms with E-state index in [2.05, 4.69) is 15.5 Å². The van der Waals surface area contributed by atoms with E-state index in [1.165, 1.54) is 12.1 Å². The summed E-state index contributed by atoms with van der Waals surface area (Å²) in [5, 5.41) is 6.97. The fourth-order valence-corrected chi connectivity index (χ4v) is 2.81. The molecule has 1 aromatic carbocycles. The molecule has 0 aliphatic carbocycles. The highest BCUT2D eigenvalue weighted by molar-refractivity contribution is 5.77. The van der Waals surface area contributed by atoms with Crippen LogP contribution in [0.1, 0.15) is 29.7 Å². The van der Waals surface area contributed by atoms with Gasteiger partial charge in [0.15, 0.2) is 5.82 Å². The Morgan fingerprint density at radius 2 is 2.39 bits per heavy atom. The first-order valence-electron chi connectivity index (χ1n) is 7.68. The van der Waals surface area contributed by atoms with Gasteiger partial charge in [0.25, 0.3) is 0 Å². The van der Waals surface area contributed by atoms with Gasteiger partial charge >= 0.3 is 0 Å². The molecule has 1 fully saturated rings. The third kappa shape index (κ3) is 3.73. The van der Waals surface area contributed by atoms with Crippen LogP contribution in [0.25, 0.3) is 0 Å². The number of piperazine rings is 1. The smallest absolute Gasteiger partial charge is 0.227 e. The van der Waals surface area contributed by atoms with Crippen LogP contribution in [0.3, 0.4) is 0 Å². The number of amides is 1. The number of nitrogens with zero attached hydrogens (tertiary/aromatic N) is 3. The second kappa shape index (κ2) is 6.87. The van der Waals surface area contributed by atoms with Gasteiger partial charge in [-0.15, -0.1) is 0 Å². The summed E-state index contributed by atoms with van der Waals surface area (Å²) in [6.45, 7) is 3.69. The topological polar surface area (TPSA) is 71.3 Å². The van der Waals surface area contributed by atoms with E-state index in [-0.39, 0.29) is 17.8 Å². The van der Waals surface area contributed by atoms with Gasteiger partial charge in [-0.05, 0) is 24.6 Å². The second-order valence-corrected chi connectivity index (χ2v) is 5.60. The van der Waals surface area contributed by atoms with E-state index >= 15 is 0 Å². The molecule has 3 rings (SSSR count). The Morgan fingerprint density at radius 3 is 3.13 bits per heavy atom. The van der Waals surface area contributed by atoms with Crippen LogP contribution in [0, 0.1) is 12.7 Å². The Balaban J connectivity index is 1.69. The van der Waals surface area contributed by atoms with Crippen LogP contribution in [0.15, 0.2) is 28.8 Å². The molecule has 122 valence electrons. The zero-order valence-corrected chi connectivity index (χ0v) is 13.0. The van der Waals surface area contributed by atoms with Crippen molar-refractivity contribution in [2.24, 2.45) is 0 Å². The lowest BCUT2D eigenvalue weighted by atomic mass is 10.0. The summed E-state index contributed by atoms with van der Waals surface area (Å²) in [6.07, 6.45) is 0.715. The van der Waals surface area contributed by atoms with E-state index in [1.807, 2.05) is 6.07 Å².